The van der Waals surface area contributed by atoms with Gasteiger partial charge in [0.05, 0.1) is 4.92 Å². The summed E-state index contributed by atoms with van der Waals surface area (Å²) < 4.78 is 1.80. The van der Waals surface area contributed by atoms with E-state index in [-0.39, 0.29) is 11.4 Å². The molecule has 34 heavy (non-hydrogen) atoms. The van der Waals surface area contributed by atoms with E-state index in [0.29, 0.717) is 16.0 Å². The number of amides is 1. The molecule has 0 aliphatic carbocycles. The molecule has 1 aromatic heterocycles. The van der Waals surface area contributed by atoms with Crippen molar-refractivity contribution in [2.24, 2.45) is 7.05 Å². The van der Waals surface area contributed by atoms with Crippen LogP contribution in [-0.4, -0.2) is 25.6 Å². The van der Waals surface area contributed by atoms with Crippen LogP contribution < -0.4 is 5.32 Å². The highest BCUT2D eigenvalue weighted by Gasteiger charge is 2.27. The Morgan fingerprint density at radius 2 is 1.79 bits per heavy atom. The Morgan fingerprint density at radius 1 is 1.09 bits per heavy atom. The number of rotatable bonds is 7. The molecule has 0 fully saturated rings. The summed E-state index contributed by atoms with van der Waals surface area (Å²) in [5.41, 5.74) is 2.28. The lowest BCUT2D eigenvalue weighted by molar-refractivity contribution is -0.384. The predicted molar refractivity (Wildman–Crippen MR) is 133 cm³/mol. The first-order valence-corrected chi connectivity index (χ1v) is 11.5. The van der Waals surface area contributed by atoms with Gasteiger partial charge in [0, 0.05) is 23.7 Å². The number of aryl methyl sites for hydroxylation is 1. The minimum absolute atomic E-state index is 0.141. The van der Waals surface area contributed by atoms with Crippen molar-refractivity contribution in [1.29, 1.82) is 0 Å². The van der Waals surface area contributed by atoms with Gasteiger partial charge in [-0.15, -0.1) is 10.2 Å². The number of nitro benzene ring substituents is 1. The zero-order valence-corrected chi connectivity index (χ0v) is 19.9. The van der Waals surface area contributed by atoms with Gasteiger partial charge in [-0.1, -0.05) is 59.8 Å². The van der Waals surface area contributed by atoms with Crippen molar-refractivity contribution >= 4 is 40.6 Å². The fourth-order valence-corrected chi connectivity index (χ4v) is 4.50. The molecule has 0 saturated heterocycles. The molecule has 0 saturated carbocycles. The second-order valence-electron chi connectivity index (χ2n) is 7.55. The number of carbonyl (C=O) groups is 1. The third-order valence-corrected chi connectivity index (χ3v) is 6.65. The average molecular weight is 494 g/mol. The Morgan fingerprint density at radius 3 is 2.47 bits per heavy atom. The Hall–Kier alpha value is -3.69. The lowest BCUT2D eigenvalue weighted by atomic mass is 10.1. The summed E-state index contributed by atoms with van der Waals surface area (Å²) in [6, 6.07) is 21.1. The van der Waals surface area contributed by atoms with Crippen LogP contribution in [0.3, 0.4) is 0 Å². The van der Waals surface area contributed by atoms with E-state index in [9.17, 15) is 14.9 Å². The van der Waals surface area contributed by atoms with Gasteiger partial charge in [-0.3, -0.25) is 14.9 Å². The van der Waals surface area contributed by atoms with Crippen LogP contribution in [0.15, 0.2) is 78.0 Å². The first-order valence-electron chi connectivity index (χ1n) is 10.3. The van der Waals surface area contributed by atoms with Crippen molar-refractivity contribution in [1.82, 2.24) is 14.8 Å². The molecule has 1 unspecified atom stereocenters. The SMILES string of the molecule is Cc1ccc(NC(=O)C(Sc2nnc(-c3ccc(Cl)cc3)n2C)c2ccccc2)c([N+](=O)[O-])c1. The number of aromatic nitrogens is 3. The summed E-state index contributed by atoms with van der Waals surface area (Å²) in [6.45, 7) is 1.76. The second kappa shape index (κ2) is 10.1. The summed E-state index contributed by atoms with van der Waals surface area (Å²) in [4.78, 5) is 24.4. The highest BCUT2D eigenvalue weighted by molar-refractivity contribution is 8.00. The van der Waals surface area contributed by atoms with Crippen LogP contribution in [-0.2, 0) is 11.8 Å². The Kier molecular flexibility index (Phi) is 6.95. The zero-order valence-electron chi connectivity index (χ0n) is 18.3. The van der Waals surface area contributed by atoms with Crippen LogP contribution in [0.2, 0.25) is 5.02 Å². The topological polar surface area (TPSA) is 103 Å². The van der Waals surface area contributed by atoms with Crippen LogP contribution in [0.1, 0.15) is 16.4 Å². The lowest BCUT2D eigenvalue weighted by Gasteiger charge is -2.17. The normalized spacial score (nSPS) is 11.7. The third kappa shape index (κ3) is 5.11. The fraction of sp³-hybridized carbons (Fsp3) is 0.125. The van der Waals surface area contributed by atoms with Gasteiger partial charge in [-0.25, -0.2) is 0 Å². The van der Waals surface area contributed by atoms with Gasteiger partial charge in [0.15, 0.2) is 11.0 Å². The minimum atomic E-state index is -0.719. The Balaban J connectivity index is 1.66. The quantitative estimate of drug-likeness (QED) is 0.197. The fourth-order valence-electron chi connectivity index (χ4n) is 3.37. The maximum Gasteiger partial charge on any atom is 0.293 e. The van der Waals surface area contributed by atoms with Gasteiger partial charge in [-0.05, 0) is 48.4 Å². The molecule has 1 atom stereocenters. The largest absolute Gasteiger partial charge is 0.319 e. The zero-order chi connectivity index (χ0) is 24.2. The van der Waals surface area contributed by atoms with Crippen molar-refractivity contribution in [2.75, 3.05) is 5.32 Å². The summed E-state index contributed by atoms with van der Waals surface area (Å²) in [7, 11) is 1.82. The lowest BCUT2D eigenvalue weighted by Crippen LogP contribution is -2.20. The first-order chi connectivity index (χ1) is 16.3. The number of halogens is 1. The standard InChI is InChI=1S/C24H20ClN5O3S/c1-15-8-13-19(20(14-15)30(32)33)26-23(31)21(16-6-4-3-5-7-16)34-24-28-27-22(29(24)2)17-9-11-18(25)12-10-17/h3-14,21H,1-2H3,(H,26,31). The number of hydrogen-bond acceptors (Lipinski definition) is 6. The van der Waals surface area contributed by atoms with Crippen LogP contribution in [0.25, 0.3) is 11.4 Å². The molecule has 0 radical (unpaired) electrons. The molecule has 10 heteroatoms. The van der Waals surface area contributed by atoms with Crippen LogP contribution in [0.5, 0.6) is 0 Å². The summed E-state index contributed by atoms with van der Waals surface area (Å²) in [5.74, 6) is 0.222. The average Bonchev–Trinajstić information content (AvgIpc) is 3.19. The molecule has 172 valence electrons. The van der Waals surface area contributed by atoms with E-state index >= 15 is 0 Å². The second-order valence-corrected chi connectivity index (χ2v) is 9.06. The Bertz CT molecular complexity index is 1340. The van der Waals surface area contributed by atoms with Crippen molar-refractivity contribution in [3.8, 4) is 11.4 Å². The number of nitrogens with one attached hydrogen (secondary N) is 1. The van der Waals surface area contributed by atoms with Crippen molar-refractivity contribution < 1.29 is 9.72 Å². The minimum Gasteiger partial charge on any atom is -0.319 e. The van der Waals surface area contributed by atoms with Gasteiger partial charge in [0.1, 0.15) is 10.9 Å². The monoisotopic (exact) mass is 493 g/mol. The van der Waals surface area contributed by atoms with Gasteiger partial charge >= 0.3 is 0 Å². The first kappa shape index (κ1) is 23.5. The molecule has 0 spiro atoms. The molecule has 8 nitrogen and oxygen atoms in total. The number of benzene rings is 3. The van der Waals surface area contributed by atoms with Gasteiger partial charge in [-0.2, -0.15) is 0 Å². The molecular weight excluding hydrogens is 474 g/mol. The van der Waals surface area contributed by atoms with Crippen LogP contribution >= 0.6 is 23.4 Å². The molecule has 1 N–H and O–H groups in total. The molecule has 0 bridgehead atoms. The number of nitro groups is 1. The van der Waals surface area contributed by atoms with E-state index in [2.05, 4.69) is 15.5 Å². The number of carbonyl (C=O) groups excluding carboxylic acids is 1. The van der Waals surface area contributed by atoms with E-state index in [4.69, 9.17) is 11.6 Å². The molecule has 1 amide bonds. The maximum atomic E-state index is 13.4. The summed E-state index contributed by atoms with van der Waals surface area (Å²) >= 11 is 7.20. The number of anilines is 1. The highest BCUT2D eigenvalue weighted by Crippen LogP contribution is 2.37. The molecule has 3 aromatic carbocycles. The van der Waals surface area contributed by atoms with E-state index in [0.717, 1.165) is 16.7 Å². The maximum absolute atomic E-state index is 13.4. The van der Waals surface area contributed by atoms with E-state index in [1.807, 2.05) is 49.5 Å². The number of hydrogen-bond donors (Lipinski definition) is 1. The van der Waals surface area contributed by atoms with E-state index in [1.54, 1.807) is 35.8 Å². The summed E-state index contributed by atoms with van der Waals surface area (Å²) in [6.07, 6.45) is 0. The van der Waals surface area contributed by atoms with E-state index < -0.39 is 16.1 Å². The van der Waals surface area contributed by atoms with Crippen LogP contribution in [0.4, 0.5) is 11.4 Å². The van der Waals surface area contributed by atoms with Gasteiger partial charge < -0.3 is 9.88 Å². The third-order valence-electron chi connectivity index (χ3n) is 5.11. The molecule has 0 aliphatic rings. The Labute approximate surface area is 205 Å². The van der Waals surface area contributed by atoms with Crippen molar-refractivity contribution in [3.05, 3.63) is 99.1 Å². The molecule has 1 heterocycles. The van der Waals surface area contributed by atoms with Gasteiger partial charge in [0.25, 0.3) is 5.69 Å². The van der Waals surface area contributed by atoms with E-state index in [1.165, 1.54) is 17.8 Å². The molecule has 4 rings (SSSR count). The van der Waals surface area contributed by atoms with Crippen molar-refractivity contribution in [2.45, 2.75) is 17.3 Å². The summed E-state index contributed by atoms with van der Waals surface area (Å²) in [5, 5.41) is 23.2. The number of thioether (sulfide) groups is 1. The molecule has 0 aliphatic heterocycles. The predicted octanol–water partition coefficient (Wildman–Crippen LogP) is 5.82. The smallest absolute Gasteiger partial charge is 0.293 e. The van der Waals surface area contributed by atoms with Crippen LogP contribution in [0, 0.1) is 17.0 Å². The highest BCUT2D eigenvalue weighted by atomic mass is 35.5. The van der Waals surface area contributed by atoms with Crippen molar-refractivity contribution in [3.63, 3.8) is 0 Å². The number of nitrogens with zero attached hydrogens (tertiary/aromatic N) is 4. The molecular formula is C24H20ClN5O3S. The van der Waals surface area contributed by atoms with Gasteiger partial charge in [0.2, 0.25) is 5.91 Å². The molecule has 4 aromatic rings.